The summed E-state index contributed by atoms with van der Waals surface area (Å²) < 4.78 is 22.6. The van der Waals surface area contributed by atoms with Gasteiger partial charge in [-0.05, 0) is 42.5 Å². The van der Waals surface area contributed by atoms with Gasteiger partial charge in [0.2, 0.25) is 0 Å². The predicted octanol–water partition coefficient (Wildman–Crippen LogP) is 2.00. The van der Waals surface area contributed by atoms with Crippen molar-refractivity contribution in [2.24, 2.45) is 5.41 Å². The zero-order valence-electron chi connectivity index (χ0n) is 10.6. The second kappa shape index (κ2) is 5.25. The van der Waals surface area contributed by atoms with Crippen LogP contribution in [0, 0.1) is 5.41 Å². The molecule has 1 aliphatic rings. The molecule has 104 valence electrons. The van der Waals surface area contributed by atoms with Crippen molar-refractivity contribution in [3.05, 3.63) is 29.8 Å². The second-order valence-electron chi connectivity index (χ2n) is 5.11. The largest absolute Gasteiger partial charge is 0.351 e. The molecule has 0 heterocycles. The Morgan fingerprint density at radius 1 is 1.32 bits per heavy atom. The smallest absolute Gasteiger partial charge is 0.251 e. The minimum absolute atomic E-state index is 0.160. The van der Waals surface area contributed by atoms with Crippen molar-refractivity contribution in [2.45, 2.75) is 17.7 Å². The first-order valence-corrected chi connectivity index (χ1v) is 9.02. The highest BCUT2D eigenvalue weighted by Gasteiger charge is 2.41. The number of nitrogens with one attached hydrogen (secondary N) is 1. The van der Waals surface area contributed by atoms with E-state index < -0.39 is 9.84 Å². The third-order valence-electron chi connectivity index (χ3n) is 3.41. The molecule has 0 aliphatic heterocycles. The Bertz CT molecular complexity index is 576. The Hall–Kier alpha value is -0.880. The average molecular weight is 346 g/mol. The molecule has 1 saturated carbocycles. The van der Waals surface area contributed by atoms with Crippen LogP contribution in [-0.4, -0.2) is 32.5 Å². The summed E-state index contributed by atoms with van der Waals surface area (Å²) in [5, 5.41) is 3.79. The molecule has 4 nitrogen and oxygen atoms in total. The van der Waals surface area contributed by atoms with Crippen LogP contribution in [0.25, 0.3) is 0 Å². The number of halogens is 1. The fourth-order valence-corrected chi connectivity index (χ4v) is 3.15. The Kier molecular flexibility index (Phi) is 4.01. The molecular formula is C13H16BrNO3S. The lowest BCUT2D eigenvalue weighted by Crippen LogP contribution is -2.30. The number of rotatable bonds is 5. The Morgan fingerprint density at radius 2 is 1.89 bits per heavy atom. The van der Waals surface area contributed by atoms with Crippen molar-refractivity contribution in [1.82, 2.24) is 5.32 Å². The highest BCUT2D eigenvalue weighted by atomic mass is 79.9. The number of alkyl halides is 1. The van der Waals surface area contributed by atoms with E-state index in [2.05, 4.69) is 21.2 Å². The molecule has 1 amide bonds. The fourth-order valence-electron chi connectivity index (χ4n) is 1.76. The van der Waals surface area contributed by atoms with Gasteiger partial charge in [0.25, 0.3) is 5.91 Å². The topological polar surface area (TPSA) is 63.2 Å². The lowest BCUT2D eigenvalue weighted by atomic mass is 10.1. The summed E-state index contributed by atoms with van der Waals surface area (Å²) in [6.07, 6.45) is 3.41. The molecule has 1 fully saturated rings. The van der Waals surface area contributed by atoms with Crippen molar-refractivity contribution in [3.8, 4) is 0 Å². The van der Waals surface area contributed by atoms with Crippen LogP contribution in [0.15, 0.2) is 29.2 Å². The van der Waals surface area contributed by atoms with E-state index in [0.717, 1.165) is 24.4 Å². The van der Waals surface area contributed by atoms with Crippen LogP contribution in [-0.2, 0) is 9.84 Å². The number of amides is 1. The van der Waals surface area contributed by atoms with E-state index in [1.54, 1.807) is 12.1 Å². The molecule has 0 unspecified atom stereocenters. The minimum Gasteiger partial charge on any atom is -0.351 e. The number of sulfone groups is 1. The molecule has 0 atom stereocenters. The predicted molar refractivity (Wildman–Crippen MR) is 77.3 cm³/mol. The van der Waals surface area contributed by atoms with Crippen LogP contribution in [0.5, 0.6) is 0 Å². The van der Waals surface area contributed by atoms with Crippen LogP contribution in [0.2, 0.25) is 0 Å². The quantitative estimate of drug-likeness (QED) is 0.830. The standard InChI is InChI=1S/C13H16BrNO3S/c1-19(17,18)11-4-2-10(3-5-11)12(16)15-9-13(8-14)6-7-13/h2-5H,6-9H2,1H3,(H,15,16). The van der Waals surface area contributed by atoms with Crippen LogP contribution in [0.4, 0.5) is 0 Å². The summed E-state index contributed by atoms with van der Waals surface area (Å²) in [6, 6.07) is 6.00. The Morgan fingerprint density at radius 3 is 2.32 bits per heavy atom. The van der Waals surface area contributed by atoms with Crippen LogP contribution >= 0.6 is 15.9 Å². The summed E-state index contributed by atoms with van der Waals surface area (Å²) in [4.78, 5) is 12.1. The Balaban J connectivity index is 2.00. The summed E-state index contributed by atoms with van der Waals surface area (Å²) in [7, 11) is -3.21. The van der Waals surface area contributed by atoms with Crippen molar-refractivity contribution in [1.29, 1.82) is 0 Å². The third-order valence-corrected chi connectivity index (χ3v) is 5.73. The molecule has 2 rings (SSSR count). The summed E-state index contributed by atoms with van der Waals surface area (Å²) >= 11 is 3.45. The molecule has 1 aliphatic carbocycles. The van der Waals surface area contributed by atoms with E-state index in [9.17, 15) is 13.2 Å². The first-order chi connectivity index (χ1) is 8.86. The van der Waals surface area contributed by atoms with Gasteiger partial charge in [0.15, 0.2) is 9.84 Å². The molecule has 0 bridgehead atoms. The highest BCUT2D eigenvalue weighted by molar-refractivity contribution is 9.09. The SMILES string of the molecule is CS(=O)(=O)c1ccc(C(=O)NCC2(CBr)CC2)cc1. The number of hydrogen-bond donors (Lipinski definition) is 1. The molecule has 0 saturated heterocycles. The molecule has 6 heteroatoms. The van der Waals surface area contributed by atoms with Gasteiger partial charge in [-0.1, -0.05) is 15.9 Å². The van der Waals surface area contributed by atoms with Gasteiger partial charge in [-0.3, -0.25) is 4.79 Å². The van der Waals surface area contributed by atoms with Crippen molar-refractivity contribution >= 4 is 31.7 Å². The van der Waals surface area contributed by atoms with Crippen molar-refractivity contribution in [2.75, 3.05) is 18.1 Å². The number of carbonyl (C=O) groups is 1. The Labute approximate surface area is 121 Å². The lowest BCUT2D eigenvalue weighted by Gasteiger charge is -2.12. The molecule has 1 aromatic carbocycles. The van der Waals surface area contributed by atoms with Gasteiger partial charge < -0.3 is 5.32 Å². The van der Waals surface area contributed by atoms with Gasteiger partial charge in [0.1, 0.15) is 0 Å². The van der Waals surface area contributed by atoms with E-state index >= 15 is 0 Å². The van der Waals surface area contributed by atoms with Gasteiger partial charge in [-0.25, -0.2) is 8.42 Å². The first kappa shape index (κ1) is 14.5. The zero-order chi connectivity index (χ0) is 14.1. The van der Waals surface area contributed by atoms with E-state index in [0.29, 0.717) is 12.1 Å². The lowest BCUT2D eigenvalue weighted by molar-refractivity contribution is 0.0946. The average Bonchev–Trinajstić information content (AvgIpc) is 3.16. The van der Waals surface area contributed by atoms with Gasteiger partial charge >= 0.3 is 0 Å². The minimum atomic E-state index is -3.21. The molecule has 0 radical (unpaired) electrons. The fraction of sp³-hybridized carbons (Fsp3) is 0.462. The maximum absolute atomic E-state index is 11.9. The number of hydrogen-bond acceptors (Lipinski definition) is 3. The van der Waals surface area contributed by atoms with Gasteiger partial charge in [-0.2, -0.15) is 0 Å². The number of benzene rings is 1. The van der Waals surface area contributed by atoms with Gasteiger partial charge in [-0.15, -0.1) is 0 Å². The van der Waals surface area contributed by atoms with Gasteiger partial charge in [0.05, 0.1) is 4.90 Å². The molecule has 19 heavy (non-hydrogen) atoms. The highest BCUT2D eigenvalue weighted by Crippen LogP contribution is 2.46. The normalized spacial score (nSPS) is 16.9. The van der Waals surface area contributed by atoms with Crippen molar-refractivity contribution < 1.29 is 13.2 Å². The van der Waals surface area contributed by atoms with Crippen LogP contribution in [0.1, 0.15) is 23.2 Å². The zero-order valence-corrected chi connectivity index (χ0v) is 13.1. The van der Waals surface area contributed by atoms with E-state index in [1.165, 1.54) is 12.1 Å². The summed E-state index contributed by atoms with van der Waals surface area (Å²) in [6.45, 7) is 0.658. The number of carbonyl (C=O) groups excluding carboxylic acids is 1. The molecule has 0 aromatic heterocycles. The first-order valence-electron chi connectivity index (χ1n) is 6.01. The molecule has 1 aromatic rings. The molecule has 1 N–H and O–H groups in total. The molecule has 0 spiro atoms. The van der Waals surface area contributed by atoms with Gasteiger partial charge in [0, 0.05) is 23.7 Å². The monoisotopic (exact) mass is 345 g/mol. The maximum Gasteiger partial charge on any atom is 0.251 e. The van der Waals surface area contributed by atoms with Crippen LogP contribution in [0.3, 0.4) is 0 Å². The van der Waals surface area contributed by atoms with Crippen LogP contribution < -0.4 is 5.32 Å². The van der Waals surface area contributed by atoms with E-state index in [1.807, 2.05) is 0 Å². The van der Waals surface area contributed by atoms with Crippen molar-refractivity contribution in [3.63, 3.8) is 0 Å². The second-order valence-corrected chi connectivity index (χ2v) is 7.69. The maximum atomic E-state index is 11.9. The third kappa shape index (κ3) is 3.57. The van der Waals surface area contributed by atoms with E-state index in [4.69, 9.17) is 0 Å². The summed E-state index contributed by atoms with van der Waals surface area (Å²) in [5.74, 6) is -0.160. The summed E-state index contributed by atoms with van der Waals surface area (Å²) in [5.41, 5.74) is 0.709. The molecular weight excluding hydrogens is 330 g/mol. The van der Waals surface area contributed by atoms with E-state index in [-0.39, 0.29) is 16.2 Å².